The first-order valence-corrected chi connectivity index (χ1v) is 4.90. The van der Waals surface area contributed by atoms with Crippen LogP contribution in [0, 0.1) is 10.1 Å². The highest BCUT2D eigenvalue weighted by atomic mass is 16.6. The Bertz CT molecular complexity index is 465. The molecule has 2 aromatic rings. The fraction of sp³-hybridized carbons (Fsp3) is 0. The number of benzene rings is 2. The van der Waals surface area contributed by atoms with E-state index >= 15 is 0 Å². The van der Waals surface area contributed by atoms with Crippen LogP contribution >= 0.6 is 0 Å². The third-order valence-electron chi connectivity index (χ3n) is 1.96. The van der Waals surface area contributed by atoms with Crippen LogP contribution in [-0.4, -0.2) is 4.92 Å². The second-order valence-electron chi connectivity index (χ2n) is 3.22. The highest BCUT2D eigenvalue weighted by Gasteiger charge is 1.98. The lowest BCUT2D eigenvalue weighted by Gasteiger charge is -1.94. The molecule has 5 heteroatoms. The number of hydrogen-bond donors (Lipinski definition) is 2. The van der Waals surface area contributed by atoms with Crippen molar-refractivity contribution >= 4 is 17.1 Å². The fourth-order valence-electron chi connectivity index (χ4n) is 1.06. The van der Waals surface area contributed by atoms with Gasteiger partial charge in [0.25, 0.3) is 5.69 Å². The number of para-hydroxylation sites is 3. The second-order valence-corrected chi connectivity index (χ2v) is 3.22. The summed E-state index contributed by atoms with van der Waals surface area (Å²) in [6, 6.07) is 15.2. The lowest BCUT2D eigenvalue weighted by Crippen LogP contribution is -1.91. The van der Waals surface area contributed by atoms with E-state index in [4.69, 9.17) is 11.5 Å². The van der Waals surface area contributed by atoms with E-state index in [1.165, 1.54) is 12.1 Å². The summed E-state index contributed by atoms with van der Waals surface area (Å²) in [4.78, 5) is 9.59. The molecule has 0 fully saturated rings. The highest BCUT2D eigenvalue weighted by Crippen LogP contribution is 2.10. The van der Waals surface area contributed by atoms with Crippen molar-refractivity contribution in [2.24, 2.45) is 0 Å². The summed E-state index contributed by atoms with van der Waals surface area (Å²) in [7, 11) is 0. The molecule has 0 heterocycles. The zero-order chi connectivity index (χ0) is 12.7. The molecule has 17 heavy (non-hydrogen) atoms. The summed E-state index contributed by atoms with van der Waals surface area (Å²) in [5.74, 6) is 0. The van der Waals surface area contributed by atoms with Gasteiger partial charge in [0.05, 0.1) is 16.3 Å². The summed E-state index contributed by atoms with van der Waals surface area (Å²) in [6.07, 6.45) is 0. The molecule has 0 aliphatic carbocycles. The zero-order valence-electron chi connectivity index (χ0n) is 9.11. The Labute approximate surface area is 98.8 Å². The fourth-order valence-corrected chi connectivity index (χ4v) is 1.06. The van der Waals surface area contributed by atoms with Crippen LogP contribution in [0.25, 0.3) is 0 Å². The number of hydrogen-bond acceptors (Lipinski definition) is 4. The van der Waals surface area contributed by atoms with E-state index in [2.05, 4.69) is 0 Å². The molecule has 4 N–H and O–H groups in total. The first-order chi connectivity index (χ1) is 8.11. The number of nitrogen functional groups attached to an aromatic ring is 2. The standard InChI is InChI=1S/C6H8N2.C6H5NO2/c7-5-3-1-2-4-6(5)8;8-7(9)6-4-2-1-3-5-6/h1-4H,7-8H2;1-5H. The van der Waals surface area contributed by atoms with Crippen molar-refractivity contribution in [3.05, 3.63) is 64.7 Å². The van der Waals surface area contributed by atoms with E-state index in [1.54, 1.807) is 30.3 Å². The quantitative estimate of drug-likeness (QED) is 0.447. The average Bonchev–Trinajstić information content (AvgIpc) is 2.35. The van der Waals surface area contributed by atoms with Gasteiger partial charge in [-0.1, -0.05) is 30.3 Å². The molecule has 2 rings (SSSR count). The third-order valence-corrected chi connectivity index (χ3v) is 1.96. The van der Waals surface area contributed by atoms with Crippen molar-refractivity contribution in [3.8, 4) is 0 Å². The highest BCUT2D eigenvalue weighted by molar-refractivity contribution is 5.62. The summed E-state index contributed by atoms with van der Waals surface area (Å²) < 4.78 is 0. The van der Waals surface area contributed by atoms with Crippen LogP contribution < -0.4 is 11.5 Å². The predicted octanol–water partition coefficient (Wildman–Crippen LogP) is 2.45. The minimum Gasteiger partial charge on any atom is -0.397 e. The van der Waals surface area contributed by atoms with E-state index in [9.17, 15) is 10.1 Å². The van der Waals surface area contributed by atoms with Gasteiger partial charge in [0, 0.05) is 12.1 Å². The van der Waals surface area contributed by atoms with Crippen LogP contribution in [0.5, 0.6) is 0 Å². The molecule has 0 radical (unpaired) electrons. The zero-order valence-corrected chi connectivity index (χ0v) is 9.11. The van der Waals surface area contributed by atoms with Crippen molar-refractivity contribution in [2.75, 3.05) is 11.5 Å². The van der Waals surface area contributed by atoms with Crippen molar-refractivity contribution in [1.82, 2.24) is 0 Å². The second kappa shape index (κ2) is 6.12. The molecule has 0 aromatic heterocycles. The molecular weight excluding hydrogens is 218 g/mol. The number of non-ortho nitro benzene ring substituents is 1. The number of nitrogens with zero attached hydrogens (tertiary/aromatic N) is 1. The van der Waals surface area contributed by atoms with Crippen LogP contribution in [0.4, 0.5) is 17.1 Å². The largest absolute Gasteiger partial charge is 0.397 e. The molecule has 2 aromatic carbocycles. The number of nitro groups is 1. The normalized spacial score (nSPS) is 8.94. The van der Waals surface area contributed by atoms with E-state index in [-0.39, 0.29) is 5.69 Å². The summed E-state index contributed by atoms with van der Waals surface area (Å²) in [5.41, 5.74) is 12.2. The van der Waals surface area contributed by atoms with Gasteiger partial charge in [-0.2, -0.15) is 0 Å². The first kappa shape index (κ1) is 12.5. The summed E-state index contributed by atoms with van der Waals surface area (Å²) in [6.45, 7) is 0. The first-order valence-electron chi connectivity index (χ1n) is 4.90. The topological polar surface area (TPSA) is 95.2 Å². The predicted molar refractivity (Wildman–Crippen MR) is 68.4 cm³/mol. The van der Waals surface area contributed by atoms with Crippen LogP contribution in [-0.2, 0) is 0 Å². The maximum Gasteiger partial charge on any atom is 0.269 e. The van der Waals surface area contributed by atoms with Crippen molar-refractivity contribution in [1.29, 1.82) is 0 Å². The van der Waals surface area contributed by atoms with Gasteiger partial charge in [0.2, 0.25) is 0 Å². The van der Waals surface area contributed by atoms with E-state index in [1.807, 2.05) is 12.1 Å². The van der Waals surface area contributed by atoms with Gasteiger partial charge in [0.15, 0.2) is 0 Å². The van der Waals surface area contributed by atoms with E-state index < -0.39 is 4.92 Å². The molecule has 0 aliphatic heterocycles. The monoisotopic (exact) mass is 231 g/mol. The van der Waals surface area contributed by atoms with Gasteiger partial charge in [0.1, 0.15) is 0 Å². The smallest absolute Gasteiger partial charge is 0.269 e. The Morgan fingerprint density at radius 3 is 1.53 bits per heavy atom. The molecule has 0 saturated carbocycles. The summed E-state index contributed by atoms with van der Waals surface area (Å²) in [5, 5.41) is 10.0. The number of rotatable bonds is 1. The lowest BCUT2D eigenvalue weighted by atomic mass is 10.3. The van der Waals surface area contributed by atoms with Crippen LogP contribution in [0.2, 0.25) is 0 Å². The molecule has 0 aliphatic rings. The Morgan fingerprint density at radius 2 is 1.24 bits per heavy atom. The Morgan fingerprint density at radius 1 is 0.824 bits per heavy atom. The van der Waals surface area contributed by atoms with Gasteiger partial charge in [-0.3, -0.25) is 10.1 Å². The SMILES string of the molecule is Nc1ccccc1N.O=[N+]([O-])c1ccccc1. The molecule has 0 unspecified atom stereocenters. The Balaban J connectivity index is 0.000000171. The van der Waals surface area contributed by atoms with Crippen LogP contribution in [0.3, 0.4) is 0 Å². The van der Waals surface area contributed by atoms with Crippen LogP contribution in [0.1, 0.15) is 0 Å². The average molecular weight is 231 g/mol. The number of anilines is 2. The molecule has 0 bridgehead atoms. The van der Waals surface area contributed by atoms with Crippen molar-refractivity contribution in [3.63, 3.8) is 0 Å². The van der Waals surface area contributed by atoms with Gasteiger partial charge in [-0.05, 0) is 12.1 Å². The molecule has 5 nitrogen and oxygen atoms in total. The van der Waals surface area contributed by atoms with Gasteiger partial charge < -0.3 is 11.5 Å². The molecule has 0 spiro atoms. The Kier molecular flexibility index (Phi) is 4.50. The third kappa shape index (κ3) is 4.21. The maximum atomic E-state index is 10.0. The van der Waals surface area contributed by atoms with Gasteiger partial charge >= 0.3 is 0 Å². The molecular formula is C12H13N3O2. The van der Waals surface area contributed by atoms with Crippen molar-refractivity contribution < 1.29 is 4.92 Å². The van der Waals surface area contributed by atoms with Gasteiger partial charge in [-0.15, -0.1) is 0 Å². The molecule has 0 saturated heterocycles. The number of nitrogens with two attached hydrogens (primary N) is 2. The maximum absolute atomic E-state index is 10.0. The van der Waals surface area contributed by atoms with E-state index in [0.29, 0.717) is 11.4 Å². The molecule has 88 valence electrons. The Hall–Kier alpha value is -2.56. The number of nitro benzene ring substituents is 1. The van der Waals surface area contributed by atoms with Crippen LogP contribution in [0.15, 0.2) is 54.6 Å². The van der Waals surface area contributed by atoms with Gasteiger partial charge in [-0.25, -0.2) is 0 Å². The molecule has 0 amide bonds. The minimum atomic E-state index is -0.417. The molecule has 0 atom stereocenters. The van der Waals surface area contributed by atoms with Crippen molar-refractivity contribution in [2.45, 2.75) is 0 Å². The summed E-state index contributed by atoms with van der Waals surface area (Å²) >= 11 is 0. The lowest BCUT2D eigenvalue weighted by molar-refractivity contribution is -0.384. The minimum absolute atomic E-state index is 0.137. The van der Waals surface area contributed by atoms with E-state index in [0.717, 1.165) is 0 Å².